The second kappa shape index (κ2) is 9.61. The number of nitrogens with zero attached hydrogens (tertiary/aromatic N) is 1. The Morgan fingerprint density at radius 3 is 2.71 bits per heavy atom. The van der Waals surface area contributed by atoms with Crippen LogP contribution in [0.5, 0.6) is 11.6 Å². The summed E-state index contributed by atoms with van der Waals surface area (Å²) in [5, 5.41) is 7.29. The Kier molecular flexibility index (Phi) is 6.69. The zero-order valence-electron chi connectivity index (χ0n) is 14.9. The first-order chi connectivity index (χ1) is 13.6. The molecule has 0 spiro atoms. The van der Waals surface area contributed by atoms with Crippen molar-refractivity contribution in [2.24, 2.45) is 0 Å². The van der Waals surface area contributed by atoms with Gasteiger partial charge >= 0.3 is 0 Å². The van der Waals surface area contributed by atoms with Crippen molar-refractivity contribution < 1.29 is 18.7 Å². The molecule has 0 atom stereocenters. The zero-order valence-corrected chi connectivity index (χ0v) is 15.7. The fourth-order valence-electron chi connectivity index (χ4n) is 2.30. The number of hydrogen-bond acceptors (Lipinski definition) is 5. The van der Waals surface area contributed by atoms with Crippen LogP contribution in [0, 0.1) is 5.82 Å². The van der Waals surface area contributed by atoms with Gasteiger partial charge in [-0.2, -0.15) is 0 Å². The second-order valence-electron chi connectivity index (χ2n) is 5.82. The highest BCUT2D eigenvalue weighted by atomic mass is 32.1. The van der Waals surface area contributed by atoms with Gasteiger partial charge in [-0.15, -0.1) is 11.3 Å². The van der Waals surface area contributed by atoms with E-state index in [1.165, 1.54) is 23.5 Å². The van der Waals surface area contributed by atoms with E-state index in [0.717, 1.165) is 5.56 Å². The first-order valence-corrected chi connectivity index (χ1v) is 9.45. The summed E-state index contributed by atoms with van der Waals surface area (Å²) in [7, 11) is 0. The number of carbonyl (C=O) groups excluding carboxylic acids is 2. The molecule has 6 nitrogen and oxygen atoms in total. The van der Waals surface area contributed by atoms with Crippen LogP contribution in [0.25, 0.3) is 0 Å². The summed E-state index contributed by atoms with van der Waals surface area (Å²) in [5.74, 6) is -0.0500. The van der Waals surface area contributed by atoms with Crippen LogP contribution in [0.15, 0.2) is 60.1 Å². The summed E-state index contributed by atoms with van der Waals surface area (Å²) in [5.41, 5.74) is 0.794. The van der Waals surface area contributed by atoms with Crippen molar-refractivity contribution in [1.29, 1.82) is 0 Å². The van der Waals surface area contributed by atoms with Gasteiger partial charge in [0.25, 0.3) is 5.91 Å². The van der Waals surface area contributed by atoms with Gasteiger partial charge < -0.3 is 15.4 Å². The molecule has 0 radical (unpaired) electrons. The third kappa shape index (κ3) is 5.88. The van der Waals surface area contributed by atoms with Gasteiger partial charge in [-0.3, -0.25) is 9.59 Å². The lowest BCUT2D eigenvalue weighted by Crippen LogP contribution is -2.30. The molecule has 3 rings (SSSR count). The maximum Gasteiger partial charge on any atom is 0.261 e. The lowest BCUT2D eigenvalue weighted by molar-refractivity contribution is -0.121. The third-order valence-electron chi connectivity index (χ3n) is 3.69. The van der Waals surface area contributed by atoms with Crippen molar-refractivity contribution in [3.63, 3.8) is 0 Å². The van der Waals surface area contributed by atoms with Crippen molar-refractivity contribution >= 4 is 23.2 Å². The number of nitrogens with one attached hydrogen (secondary N) is 2. The molecule has 0 aliphatic carbocycles. The summed E-state index contributed by atoms with van der Waals surface area (Å²) in [6.07, 6.45) is 1.76. The minimum Gasteiger partial charge on any atom is -0.439 e. The first kappa shape index (κ1) is 19.5. The smallest absolute Gasteiger partial charge is 0.261 e. The summed E-state index contributed by atoms with van der Waals surface area (Å²) >= 11 is 1.35. The molecule has 8 heteroatoms. The van der Waals surface area contributed by atoms with Gasteiger partial charge in [-0.05, 0) is 29.1 Å². The summed E-state index contributed by atoms with van der Waals surface area (Å²) in [6, 6.07) is 12.7. The average molecular weight is 399 g/mol. The maximum absolute atomic E-state index is 13.2. The number of ether oxygens (including phenoxy) is 1. The number of thiophene rings is 1. The predicted molar refractivity (Wildman–Crippen MR) is 104 cm³/mol. The van der Waals surface area contributed by atoms with Crippen molar-refractivity contribution in [2.45, 2.75) is 13.0 Å². The topological polar surface area (TPSA) is 80.3 Å². The largest absolute Gasteiger partial charge is 0.439 e. The Morgan fingerprint density at radius 1 is 1.11 bits per heavy atom. The lowest BCUT2D eigenvalue weighted by atomic mass is 10.2. The van der Waals surface area contributed by atoms with E-state index in [1.54, 1.807) is 42.6 Å². The normalized spacial score (nSPS) is 10.3. The zero-order chi connectivity index (χ0) is 19.8. The monoisotopic (exact) mass is 399 g/mol. The fourth-order valence-corrected chi connectivity index (χ4v) is 2.94. The van der Waals surface area contributed by atoms with Crippen LogP contribution in [0.1, 0.15) is 21.7 Å². The first-order valence-electron chi connectivity index (χ1n) is 8.57. The third-order valence-corrected chi connectivity index (χ3v) is 4.56. The predicted octanol–water partition coefficient (Wildman–Crippen LogP) is 3.51. The summed E-state index contributed by atoms with van der Waals surface area (Å²) < 4.78 is 18.6. The number of benzene rings is 1. The Balaban J connectivity index is 1.39. The van der Waals surface area contributed by atoms with Gasteiger partial charge in [-0.25, -0.2) is 9.37 Å². The van der Waals surface area contributed by atoms with Crippen molar-refractivity contribution in [1.82, 2.24) is 15.6 Å². The second-order valence-corrected chi connectivity index (χ2v) is 6.77. The SMILES string of the molecule is O=C(CCNC(=O)c1cccs1)NCc1ccc(Oc2cccc(F)c2)nc1. The van der Waals surface area contributed by atoms with Crippen molar-refractivity contribution in [3.8, 4) is 11.6 Å². The molecule has 0 aliphatic rings. The molecule has 3 aromatic rings. The molecule has 0 aliphatic heterocycles. The Morgan fingerprint density at radius 2 is 2.00 bits per heavy atom. The number of carbonyl (C=O) groups is 2. The van der Waals surface area contributed by atoms with Gasteiger partial charge in [-0.1, -0.05) is 18.2 Å². The Bertz CT molecular complexity index is 930. The molecule has 1 aromatic carbocycles. The summed E-state index contributed by atoms with van der Waals surface area (Å²) in [6.45, 7) is 0.576. The molecule has 0 saturated heterocycles. The number of halogens is 1. The highest BCUT2D eigenvalue weighted by Crippen LogP contribution is 2.20. The molecule has 2 amide bonds. The maximum atomic E-state index is 13.2. The van der Waals surface area contributed by atoms with Crippen molar-refractivity contribution in [2.75, 3.05) is 6.54 Å². The minimum absolute atomic E-state index is 0.174. The molecule has 2 aromatic heterocycles. The van der Waals surface area contributed by atoms with Crippen LogP contribution >= 0.6 is 11.3 Å². The standard InChI is InChI=1S/C20H18FN3O3S/c21-15-3-1-4-16(11-15)27-19-7-6-14(13-24-19)12-23-18(25)8-9-22-20(26)17-5-2-10-28-17/h1-7,10-11,13H,8-9,12H2,(H,22,26)(H,23,25). The van der Waals surface area contributed by atoms with Crippen LogP contribution in [-0.2, 0) is 11.3 Å². The van der Waals surface area contributed by atoms with Gasteiger partial charge in [0.15, 0.2) is 0 Å². The van der Waals surface area contributed by atoms with E-state index in [9.17, 15) is 14.0 Å². The van der Waals surface area contributed by atoms with Crippen LogP contribution in [0.3, 0.4) is 0 Å². The quantitative estimate of drug-likeness (QED) is 0.607. The van der Waals surface area contributed by atoms with Crippen LogP contribution in [-0.4, -0.2) is 23.3 Å². The number of amides is 2. The van der Waals surface area contributed by atoms with E-state index in [4.69, 9.17) is 4.74 Å². The molecule has 0 fully saturated rings. The fraction of sp³-hybridized carbons (Fsp3) is 0.150. The molecular formula is C20H18FN3O3S. The molecule has 28 heavy (non-hydrogen) atoms. The van der Waals surface area contributed by atoms with Gasteiger partial charge in [0, 0.05) is 37.8 Å². The van der Waals surface area contributed by atoms with Gasteiger partial charge in [0.1, 0.15) is 11.6 Å². The number of pyridine rings is 1. The molecular weight excluding hydrogens is 381 g/mol. The number of hydrogen-bond donors (Lipinski definition) is 2. The van der Waals surface area contributed by atoms with Gasteiger partial charge in [0.2, 0.25) is 11.8 Å². The molecule has 2 heterocycles. The molecule has 0 unspecified atom stereocenters. The Hall–Kier alpha value is -3.26. The van der Waals surface area contributed by atoms with E-state index in [1.807, 2.05) is 5.38 Å². The highest BCUT2D eigenvalue weighted by molar-refractivity contribution is 7.12. The Labute approximate surface area is 165 Å². The average Bonchev–Trinajstić information content (AvgIpc) is 3.22. The van der Waals surface area contributed by atoms with E-state index in [-0.39, 0.29) is 30.6 Å². The van der Waals surface area contributed by atoms with Gasteiger partial charge in [0.05, 0.1) is 4.88 Å². The van der Waals surface area contributed by atoms with Crippen LogP contribution in [0.2, 0.25) is 0 Å². The number of rotatable bonds is 8. The molecule has 0 bridgehead atoms. The van der Waals surface area contributed by atoms with Crippen molar-refractivity contribution in [3.05, 3.63) is 76.4 Å². The summed E-state index contributed by atoms with van der Waals surface area (Å²) in [4.78, 5) is 28.4. The molecule has 2 N–H and O–H groups in total. The van der Waals surface area contributed by atoms with E-state index >= 15 is 0 Å². The lowest BCUT2D eigenvalue weighted by Gasteiger charge is -2.08. The minimum atomic E-state index is -0.386. The molecule has 0 saturated carbocycles. The van der Waals surface area contributed by atoms with E-state index < -0.39 is 0 Å². The van der Waals surface area contributed by atoms with Crippen LogP contribution < -0.4 is 15.4 Å². The number of aromatic nitrogens is 1. The highest BCUT2D eigenvalue weighted by Gasteiger charge is 2.07. The van der Waals surface area contributed by atoms with E-state index in [0.29, 0.717) is 23.1 Å². The molecule has 144 valence electrons. The van der Waals surface area contributed by atoms with Crippen LogP contribution in [0.4, 0.5) is 4.39 Å². The van der Waals surface area contributed by atoms with E-state index in [2.05, 4.69) is 15.6 Å².